The molecule has 1 aromatic heterocycles. The van der Waals surface area contributed by atoms with Crippen LogP contribution < -0.4 is 5.32 Å². The van der Waals surface area contributed by atoms with Crippen LogP contribution >= 0.6 is 0 Å². The van der Waals surface area contributed by atoms with E-state index in [4.69, 9.17) is 0 Å². The van der Waals surface area contributed by atoms with Crippen LogP contribution in [0.25, 0.3) is 6.08 Å². The summed E-state index contributed by atoms with van der Waals surface area (Å²) >= 11 is 0. The van der Waals surface area contributed by atoms with Gasteiger partial charge < -0.3 is 5.32 Å². The molecule has 29 heavy (non-hydrogen) atoms. The van der Waals surface area contributed by atoms with Crippen LogP contribution in [0.1, 0.15) is 33.6 Å². The van der Waals surface area contributed by atoms with E-state index in [1.165, 1.54) is 5.56 Å². The van der Waals surface area contributed by atoms with Crippen LogP contribution in [0.15, 0.2) is 60.2 Å². The van der Waals surface area contributed by atoms with Crippen molar-refractivity contribution in [2.24, 2.45) is 0 Å². The third-order valence-electron chi connectivity index (χ3n) is 4.84. The number of benzene rings is 2. The number of hydrogen-bond acceptors (Lipinski definition) is 3. The average molecular weight is 384 g/mol. The van der Waals surface area contributed by atoms with Crippen LogP contribution in [0.4, 0.5) is 0 Å². The van der Waals surface area contributed by atoms with E-state index in [-0.39, 0.29) is 11.5 Å². The molecule has 0 saturated heterocycles. The van der Waals surface area contributed by atoms with E-state index in [0.717, 1.165) is 28.1 Å². The lowest BCUT2D eigenvalue weighted by Crippen LogP contribution is -2.23. The Hall–Kier alpha value is -3.65. The highest BCUT2D eigenvalue weighted by Crippen LogP contribution is 2.18. The molecule has 2 aromatic carbocycles. The summed E-state index contributed by atoms with van der Waals surface area (Å²) in [5, 5.41) is 16.9. The summed E-state index contributed by atoms with van der Waals surface area (Å²) in [6, 6.07) is 19.9. The quantitative estimate of drug-likeness (QED) is 0.514. The van der Waals surface area contributed by atoms with Crippen LogP contribution in [0.5, 0.6) is 0 Å². The molecule has 5 nitrogen and oxygen atoms in total. The van der Waals surface area contributed by atoms with Gasteiger partial charge in [-0.25, -0.2) is 0 Å². The van der Waals surface area contributed by atoms with Gasteiger partial charge in [0.15, 0.2) is 0 Å². The Morgan fingerprint density at radius 2 is 1.76 bits per heavy atom. The van der Waals surface area contributed by atoms with Gasteiger partial charge in [-0.2, -0.15) is 10.4 Å². The minimum atomic E-state index is -0.388. The predicted molar refractivity (Wildman–Crippen MR) is 114 cm³/mol. The highest BCUT2D eigenvalue weighted by Gasteiger charge is 2.14. The second kappa shape index (κ2) is 9.03. The Kier molecular flexibility index (Phi) is 6.25. The first kappa shape index (κ1) is 20.1. The van der Waals surface area contributed by atoms with Gasteiger partial charge in [-0.1, -0.05) is 60.2 Å². The van der Waals surface area contributed by atoms with Crippen molar-refractivity contribution in [1.29, 1.82) is 5.26 Å². The second-order valence-corrected chi connectivity index (χ2v) is 7.07. The van der Waals surface area contributed by atoms with Crippen molar-refractivity contribution in [1.82, 2.24) is 15.1 Å². The molecule has 3 aromatic rings. The maximum Gasteiger partial charge on any atom is 0.262 e. The van der Waals surface area contributed by atoms with Crippen molar-refractivity contribution in [2.75, 3.05) is 0 Å². The normalized spacial score (nSPS) is 11.2. The van der Waals surface area contributed by atoms with Crippen LogP contribution in [0.3, 0.4) is 0 Å². The van der Waals surface area contributed by atoms with Gasteiger partial charge in [0.25, 0.3) is 5.91 Å². The molecule has 0 spiro atoms. The summed E-state index contributed by atoms with van der Waals surface area (Å²) in [4.78, 5) is 12.5. The first-order valence-electron chi connectivity index (χ1n) is 9.51. The van der Waals surface area contributed by atoms with Crippen LogP contribution in [0, 0.1) is 32.1 Å². The van der Waals surface area contributed by atoms with E-state index in [1.54, 1.807) is 6.08 Å². The standard InChI is InChI=1S/C24H24N4O/c1-17-9-11-21(12-10-17)16-28-19(3)23(18(2)27-28)13-22(14-25)24(29)26-15-20-7-5-4-6-8-20/h4-13H,15-16H2,1-3H3,(H,26,29). The minimum Gasteiger partial charge on any atom is -0.347 e. The number of nitriles is 1. The number of nitrogens with zero attached hydrogens (tertiary/aromatic N) is 3. The number of aryl methyl sites for hydroxylation is 2. The average Bonchev–Trinajstić information content (AvgIpc) is 2.99. The third kappa shape index (κ3) is 4.99. The fraction of sp³-hybridized carbons (Fsp3) is 0.208. The molecule has 146 valence electrons. The van der Waals surface area contributed by atoms with Gasteiger partial charge in [0.1, 0.15) is 11.6 Å². The first-order valence-corrected chi connectivity index (χ1v) is 9.51. The lowest BCUT2D eigenvalue weighted by atomic mass is 10.1. The van der Waals surface area contributed by atoms with Crippen LogP contribution in [0.2, 0.25) is 0 Å². The van der Waals surface area contributed by atoms with E-state index in [2.05, 4.69) is 41.6 Å². The summed E-state index contributed by atoms with van der Waals surface area (Å²) in [6.07, 6.45) is 1.63. The van der Waals surface area contributed by atoms with Gasteiger partial charge in [-0.3, -0.25) is 9.48 Å². The number of amides is 1. The highest BCUT2D eigenvalue weighted by molar-refractivity contribution is 6.01. The molecule has 0 radical (unpaired) electrons. The number of hydrogen-bond donors (Lipinski definition) is 1. The lowest BCUT2D eigenvalue weighted by Gasteiger charge is -2.06. The molecular formula is C24H24N4O. The van der Waals surface area contributed by atoms with Gasteiger partial charge in [0.05, 0.1) is 12.2 Å². The van der Waals surface area contributed by atoms with E-state index in [0.29, 0.717) is 13.1 Å². The van der Waals surface area contributed by atoms with Crippen molar-refractivity contribution >= 4 is 12.0 Å². The van der Waals surface area contributed by atoms with Crippen LogP contribution in [-0.2, 0) is 17.9 Å². The first-order chi connectivity index (χ1) is 14.0. The van der Waals surface area contributed by atoms with Gasteiger partial charge in [0.2, 0.25) is 0 Å². The number of carbonyl (C=O) groups excluding carboxylic acids is 1. The summed E-state index contributed by atoms with van der Waals surface area (Å²) < 4.78 is 1.91. The molecule has 0 unspecified atom stereocenters. The maximum atomic E-state index is 12.5. The summed E-state index contributed by atoms with van der Waals surface area (Å²) in [5.41, 5.74) is 5.94. The van der Waals surface area contributed by atoms with Gasteiger partial charge in [-0.05, 0) is 38.0 Å². The minimum absolute atomic E-state index is 0.0713. The van der Waals surface area contributed by atoms with E-state index in [1.807, 2.05) is 54.9 Å². The summed E-state index contributed by atoms with van der Waals surface area (Å²) in [6.45, 7) is 6.92. The largest absolute Gasteiger partial charge is 0.347 e. The molecule has 1 heterocycles. The zero-order chi connectivity index (χ0) is 20.8. The molecule has 0 aliphatic rings. The van der Waals surface area contributed by atoms with Crippen molar-refractivity contribution < 1.29 is 4.79 Å². The Bertz CT molecular complexity index is 1070. The Labute approximate surface area is 171 Å². The number of aromatic nitrogens is 2. The molecule has 0 fully saturated rings. The summed E-state index contributed by atoms with van der Waals surface area (Å²) in [7, 11) is 0. The molecule has 5 heteroatoms. The van der Waals surface area contributed by atoms with Crippen molar-refractivity contribution in [3.05, 3.63) is 93.8 Å². The molecule has 0 atom stereocenters. The SMILES string of the molecule is Cc1ccc(Cn2nc(C)c(C=C(C#N)C(=O)NCc3ccccc3)c2C)cc1. The van der Waals surface area contributed by atoms with Gasteiger partial charge in [-0.15, -0.1) is 0 Å². The van der Waals surface area contributed by atoms with Crippen molar-refractivity contribution in [2.45, 2.75) is 33.9 Å². The van der Waals surface area contributed by atoms with E-state index >= 15 is 0 Å². The number of nitrogens with one attached hydrogen (secondary N) is 1. The maximum absolute atomic E-state index is 12.5. The Morgan fingerprint density at radius 1 is 1.07 bits per heavy atom. The molecule has 0 bridgehead atoms. The fourth-order valence-electron chi connectivity index (χ4n) is 3.11. The molecule has 0 aliphatic carbocycles. The van der Waals surface area contributed by atoms with E-state index in [9.17, 15) is 10.1 Å². The Balaban J connectivity index is 1.78. The molecule has 0 aliphatic heterocycles. The molecular weight excluding hydrogens is 360 g/mol. The monoisotopic (exact) mass is 384 g/mol. The van der Waals surface area contributed by atoms with Gasteiger partial charge >= 0.3 is 0 Å². The second-order valence-electron chi connectivity index (χ2n) is 7.07. The number of rotatable bonds is 6. The third-order valence-corrected chi connectivity index (χ3v) is 4.84. The fourth-order valence-corrected chi connectivity index (χ4v) is 3.11. The topological polar surface area (TPSA) is 70.7 Å². The molecule has 0 saturated carbocycles. The van der Waals surface area contributed by atoms with Crippen molar-refractivity contribution in [3.8, 4) is 6.07 Å². The smallest absolute Gasteiger partial charge is 0.262 e. The zero-order valence-corrected chi connectivity index (χ0v) is 16.9. The molecule has 1 N–H and O–H groups in total. The highest BCUT2D eigenvalue weighted by atomic mass is 16.1. The predicted octanol–water partition coefficient (Wildman–Crippen LogP) is 4.08. The Morgan fingerprint density at radius 3 is 2.41 bits per heavy atom. The molecule has 1 amide bonds. The number of carbonyl (C=O) groups is 1. The van der Waals surface area contributed by atoms with Crippen molar-refractivity contribution in [3.63, 3.8) is 0 Å². The van der Waals surface area contributed by atoms with E-state index < -0.39 is 0 Å². The lowest BCUT2D eigenvalue weighted by molar-refractivity contribution is -0.117. The van der Waals surface area contributed by atoms with Crippen LogP contribution in [-0.4, -0.2) is 15.7 Å². The van der Waals surface area contributed by atoms with Gasteiger partial charge in [0, 0.05) is 17.8 Å². The zero-order valence-electron chi connectivity index (χ0n) is 16.9. The summed E-state index contributed by atoms with van der Waals surface area (Å²) in [5.74, 6) is -0.388. The molecule has 3 rings (SSSR count).